The zero-order valence-corrected chi connectivity index (χ0v) is 21.8. The molecule has 2 aromatic rings. The highest BCUT2D eigenvalue weighted by molar-refractivity contribution is 5.97. The second kappa shape index (κ2) is 13.1. The fourth-order valence-electron chi connectivity index (χ4n) is 4.38. The molecule has 0 aliphatic carbocycles. The molecule has 1 heterocycles. The first kappa shape index (κ1) is 27.2. The number of aryl methyl sites for hydroxylation is 1. The Kier molecular flexibility index (Phi) is 9.91. The minimum atomic E-state index is -0.664. The third kappa shape index (κ3) is 7.57. The zero-order valence-electron chi connectivity index (χ0n) is 21.8. The molecule has 7 nitrogen and oxygen atoms in total. The molecule has 0 bridgehead atoms. The Hall–Kier alpha value is -3.35. The van der Waals surface area contributed by atoms with Crippen LogP contribution in [0.5, 0.6) is 5.75 Å². The third-order valence-corrected chi connectivity index (χ3v) is 7.13. The molecule has 1 aliphatic heterocycles. The van der Waals surface area contributed by atoms with Gasteiger partial charge in [-0.3, -0.25) is 14.4 Å². The SMILES string of the molecule is COc1ccc(C(=O)N[C@@H](C(=O)N[C@@H](C)C(C)C)C2CCN(C(=O)CCc3ccccc3)CC2)cc1. The lowest BCUT2D eigenvalue weighted by atomic mass is 9.88. The van der Waals surface area contributed by atoms with E-state index in [2.05, 4.69) is 24.5 Å². The molecule has 2 N–H and O–H groups in total. The van der Waals surface area contributed by atoms with Gasteiger partial charge in [0.05, 0.1) is 7.11 Å². The summed E-state index contributed by atoms with van der Waals surface area (Å²) in [6, 6.07) is 16.2. The van der Waals surface area contributed by atoms with Crippen molar-refractivity contribution in [3.8, 4) is 5.75 Å². The van der Waals surface area contributed by atoms with Gasteiger partial charge in [-0.15, -0.1) is 0 Å². The number of hydrogen-bond donors (Lipinski definition) is 2. The van der Waals surface area contributed by atoms with Gasteiger partial charge in [0.2, 0.25) is 11.8 Å². The average molecular weight is 494 g/mol. The highest BCUT2D eigenvalue weighted by Crippen LogP contribution is 2.23. The summed E-state index contributed by atoms with van der Waals surface area (Å²) < 4.78 is 5.17. The van der Waals surface area contributed by atoms with Crippen LogP contribution in [0, 0.1) is 11.8 Å². The maximum absolute atomic E-state index is 13.3. The largest absolute Gasteiger partial charge is 0.497 e. The van der Waals surface area contributed by atoms with Crippen molar-refractivity contribution in [3.05, 3.63) is 65.7 Å². The van der Waals surface area contributed by atoms with E-state index in [1.54, 1.807) is 31.4 Å². The van der Waals surface area contributed by atoms with Gasteiger partial charge in [0.15, 0.2) is 0 Å². The number of carbonyl (C=O) groups excluding carboxylic acids is 3. The third-order valence-electron chi connectivity index (χ3n) is 7.13. The van der Waals surface area contributed by atoms with E-state index in [1.807, 2.05) is 42.2 Å². The zero-order chi connectivity index (χ0) is 26.1. The normalized spacial score (nSPS) is 15.8. The van der Waals surface area contributed by atoms with Crippen LogP contribution < -0.4 is 15.4 Å². The molecule has 0 aromatic heterocycles. The number of likely N-dealkylation sites (tertiary alicyclic amines) is 1. The van der Waals surface area contributed by atoms with E-state index < -0.39 is 6.04 Å². The smallest absolute Gasteiger partial charge is 0.251 e. The number of amides is 3. The van der Waals surface area contributed by atoms with Crippen LogP contribution in [0.4, 0.5) is 0 Å². The summed E-state index contributed by atoms with van der Waals surface area (Å²) >= 11 is 0. The van der Waals surface area contributed by atoms with Crippen molar-refractivity contribution in [2.75, 3.05) is 20.2 Å². The quantitative estimate of drug-likeness (QED) is 0.527. The molecule has 0 radical (unpaired) electrons. The molecule has 7 heteroatoms. The van der Waals surface area contributed by atoms with Crippen molar-refractivity contribution >= 4 is 17.7 Å². The van der Waals surface area contributed by atoms with E-state index in [-0.39, 0.29) is 35.6 Å². The molecule has 0 saturated carbocycles. The fourth-order valence-corrected chi connectivity index (χ4v) is 4.38. The Labute approximate surface area is 214 Å². The molecule has 194 valence electrons. The highest BCUT2D eigenvalue weighted by atomic mass is 16.5. The molecular formula is C29H39N3O4. The minimum Gasteiger partial charge on any atom is -0.497 e. The number of piperidine rings is 1. The standard InChI is InChI=1S/C29H39N3O4/c1-20(2)21(3)30-29(35)27(31-28(34)24-11-13-25(36-4)14-12-24)23-16-18-32(19-17-23)26(33)15-10-22-8-6-5-7-9-22/h5-9,11-14,20-21,23,27H,10,15-19H2,1-4H3,(H,30,35)(H,31,34)/t21-,27+/m0/s1. The fraction of sp³-hybridized carbons (Fsp3) is 0.483. The van der Waals surface area contributed by atoms with Crippen molar-refractivity contribution < 1.29 is 19.1 Å². The number of hydrogen-bond acceptors (Lipinski definition) is 4. The number of nitrogens with one attached hydrogen (secondary N) is 2. The van der Waals surface area contributed by atoms with Gasteiger partial charge in [-0.05, 0) is 67.9 Å². The van der Waals surface area contributed by atoms with Crippen molar-refractivity contribution in [2.24, 2.45) is 11.8 Å². The summed E-state index contributed by atoms with van der Waals surface area (Å²) in [5.41, 5.74) is 1.62. The van der Waals surface area contributed by atoms with Crippen LogP contribution in [0.3, 0.4) is 0 Å². The van der Waals surface area contributed by atoms with Gasteiger partial charge in [0, 0.05) is 31.1 Å². The molecule has 0 spiro atoms. The Morgan fingerprint density at radius 2 is 1.58 bits per heavy atom. The van der Waals surface area contributed by atoms with Gasteiger partial charge in [-0.1, -0.05) is 44.2 Å². The van der Waals surface area contributed by atoms with Crippen LogP contribution in [0.15, 0.2) is 54.6 Å². The maximum atomic E-state index is 13.3. The molecular weight excluding hydrogens is 454 g/mol. The molecule has 3 amide bonds. The Morgan fingerprint density at radius 1 is 0.944 bits per heavy atom. The van der Waals surface area contributed by atoms with Gasteiger partial charge >= 0.3 is 0 Å². The Bertz CT molecular complexity index is 999. The van der Waals surface area contributed by atoms with Crippen LogP contribution in [0.25, 0.3) is 0 Å². The first-order chi connectivity index (χ1) is 17.3. The van der Waals surface area contributed by atoms with Gasteiger partial charge < -0.3 is 20.3 Å². The number of rotatable bonds is 10. The highest BCUT2D eigenvalue weighted by Gasteiger charge is 2.34. The van der Waals surface area contributed by atoms with E-state index in [0.29, 0.717) is 43.7 Å². The number of carbonyl (C=O) groups is 3. The number of benzene rings is 2. The van der Waals surface area contributed by atoms with E-state index >= 15 is 0 Å². The van der Waals surface area contributed by atoms with Crippen molar-refractivity contribution in [1.82, 2.24) is 15.5 Å². The molecule has 1 fully saturated rings. The first-order valence-corrected chi connectivity index (χ1v) is 12.9. The van der Waals surface area contributed by atoms with E-state index in [0.717, 1.165) is 12.0 Å². The Balaban J connectivity index is 1.63. The lowest BCUT2D eigenvalue weighted by Crippen LogP contribution is -2.55. The van der Waals surface area contributed by atoms with Crippen LogP contribution >= 0.6 is 0 Å². The van der Waals surface area contributed by atoms with Crippen molar-refractivity contribution in [1.29, 1.82) is 0 Å². The van der Waals surface area contributed by atoms with Crippen LogP contribution in [-0.2, 0) is 16.0 Å². The molecule has 1 aliphatic rings. The monoisotopic (exact) mass is 493 g/mol. The first-order valence-electron chi connectivity index (χ1n) is 12.9. The topological polar surface area (TPSA) is 87.7 Å². The lowest BCUT2D eigenvalue weighted by molar-refractivity contribution is -0.133. The van der Waals surface area contributed by atoms with E-state index in [4.69, 9.17) is 4.74 Å². The van der Waals surface area contributed by atoms with Gasteiger partial charge in [-0.25, -0.2) is 0 Å². The molecule has 3 rings (SSSR count). The molecule has 0 unspecified atom stereocenters. The predicted molar refractivity (Wildman–Crippen MR) is 141 cm³/mol. The molecule has 2 atom stereocenters. The van der Waals surface area contributed by atoms with Crippen molar-refractivity contribution in [2.45, 2.75) is 58.5 Å². The molecule has 1 saturated heterocycles. The summed E-state index contributed by atoms with van der Waals surface area (Å²) in [5.74, 6) is 0.550. The van der Waals surface area contributed by atoms with Crippen molar-refractivity contribution in [3.63, 3.8) is 0 Å². The Morgan fingerprint density at radius 3 is 2.17 bits per heavy atom. The lowest BCUT2D eigenvalue weighted by Gasteiger charge is -2.36. The summed E-state index contributed by atoms with van der Waals surface area (Å²) in [6.45, 7) is 7.24. The second-order valence-corrected chi connectivity index (χ2v) is 9.92. The predicted octanol–water partition coefficient (Wildman–Crippen LogP) is 3.83. The number of methoxy groups -OCH3 is 1. The average Bonchev–Trinajstić information content (AvgIpc) is 2.90. The summed E-state index contributed by atoms with van der Waals surface area (Å²) in [6.07, 6.45) is 2.51. The second-order valence-electron chi connectivity index (χ2n) is 9.92. The van der Waals surface area contributed by atoms with Crippen LogP contribution in [-0.4, -0.2) is 54.9 Å². The van der Waals surface area contributed by atoms with E-state index in [1.165, 1.54) is 0 Å². The van der Waals surface area contributed by atoms with Crippen LogP contribution in [0.1, 0.15) is 56.0 Å². The summed E-state index contributed by atoms with van der Waals surface area (Å²) in [5, 5.41) is 6.05. The summed E-state index contributed by atoms with van der Waals surface area (Å²) in [7, 11) is 1.57. The molecule has 36 heavy (non-hydrogen) atoms. The number of ether oxygens (including phenoxy) is 1. The van der Waals surface area contributed by atoms with Gasteiger partial charge in [0.25, 0.3) is 5.91 Å². The van der Waals surface area contributed by atoms with E-state index in [9.17, 15) is 14.4 Å². The van der Waals surface area contributed by atoms with Crippen LogP contribution in [0.2, 0.25) is 0 Å². The van der Waals surface area contributed by atoms with Gasteiger partial charge in [-0.2, -0.15) is 0 Å². The minimum absolute atomic E-state index is 0.0162. The summed E-state index contributed by atoms with van der Waals surface area (Å²) in [4.78, 5) is 41.0. The number of nitrogens with zero attached hydrogens (tertiary/aromatic N) is 1. The molecule has 2 aromatic carbocycles. The van der Waals surface area contributed by atoms with Gasteiger partial charge in [0.1, 0.15) is 11.8 Å². The maximum Gasteiger partial charge on any atom is 0.251 e.